The van der Waals surface area contributed by atoms with Gasteiger partial charge >= 0.3 is 5.69 Å². The molecular formula is C9H10N2O3S. The van der Waals surface area contributed by atoms with Crippen LogP contribution in [0.15, 0.2) is 27.9 Å². The SMILES string of the molecule is CCS(=O)(=O)c1cccc2[nH]c(=O)[nH]c12. The van der Waals surface area contributed by atoms with Crippen molar-refractivity contribution in [2.24, 2.45) is 0 Å². The molecule has 1 aromatic carbocycles. The van der Waals surface area contributed by atoms with Gasteiger partial charge in [-0.25, -0.2) is 13.2 Å². The molecular weight excluding hydrogens is 216 g/mol. The van der Waals surface area contributed by atoms with Gasteiger partial charge in [0.05, 0.1) is 21.7 Å². The first kappa shape index (κ1) is 9.97. The molecule has 0 saturated heterocycles. The van der Waals surface area contributed by atoms with E-state index in [9.17, 15) is 13.2 Å². The first-order chi connectivity index (χ1) is 7.04. The van der Waals surface area contributed by atoms with E-state index in [1.165, 1.54) is 6.07 Å². The molecule has 0 aliphatic heterocycles. The van der Waals surface area contributed by atoms with Crippen LogP contribution in [0.3, 0.4) is 0 Å². The Hall–Kier alpha value is -1.56. The minimum Gasteiger partial charge on any atom is -0.306 e. The van der Waals surface area contributed by atoms with Crippen molar-refractivity contribution in [2.45, 2.75) is 11.8 Å². The monoisotopic (exact) mass is 226 g/mol. The van der Waals surface area contributed by atoms with Gasteiger partial charge in [-0.2, -0.15) is 0 Å². The van der Waals surface area contributed by atoms with Gasteiger partial charge in [-0.15, -0.1) is 0 Å². The maximum absolute atomic E-state index is 11.7. The van der Waals surface area contributed by atoms with Crippen molar-refractivity contribution in [3.05, 3.63) is 28.7 Å². The Bertz CT molecular complexity index is 651. The molecule has 15 heavy (non-hydrogen) atoms. The predicted molar refractivity (Wildman–Crippen MR) is 56.6 cm³/mol. The Morgan fingerprint density at radius 1 is 1.27 bits per heavy atom. The minimum atomic E-state index is -3.30. The van der Waals surface area contributed by atoms with Crippen LogP contribution in [-0.4, -0.2) is 24.1 Å². The molecule has 0 amide bonds. The van der Waals surface area contributed by atoms with Crippen LogP contribution in [0.4, 0.5) is 0 Å². The summed E-state index contributed by atoms with van der Waals surface area (Å²) in [6, 6.07) is 4.75. The van der Waals surface area contributed by atoms with E-state index in [1.807, 2.05) is 0 Å². The van der Waals surface area contributed by atoms with Crippen molar-refractivity contribution in [3.8, 4) is 0 Å². The second-order valence-corrected chi connectivity index (χ2v) is 5.41. The molecule has 0 atom stereocenters. The van der Waals surface area contributed by atoms with Crippen molar-refractivity contribution in [2.75, 3.05) is 5.75 Å². The fourth-order valence-electron chi connectivity index (χ4n) is 1.45. The lowest BCUT2D eigenvalue weighted by Crippen LogP contribution is -2.05. The summed E-state index contributed by atoms with van der Waals surface area (Å²) in [5.74, 6) is 0.0132. The smallest absolute Gasteiger partial charge is 0.306 e. The van der Waals surface area contributed by atoms with Gasteiger partial charge in [0.25, 0.3) is 0 Å². The highest BCUT2D eigenvalue weighted by molar-refractivity contribution is 7.91. The fraction of sp³-hybridized carbons (Fsp3) is 0.222. The van der Waals surface area contributed by atoms with Crippen LogP contribution >= 0.6 is 0 Å². The Morgan fingerprint density at radius 2 is 2.00 bits per heavy atom. The molecule has 1 aromatic heterocycles. The highest BCUT2D eigenvalue weighted by Gasteiger charge is 2.16. The summed E-state index contributed by atoms with van der Waals surface area (Å²) in [6.45, 7) is 1.57. The summed E-state index contributed by atoms with van der Waals surface area (Å²) < 4.78 is 23.4. The van der Waals surface area contributed by atoms with Crippen molar-refractivity contribution >= 4 is 20.9 Å². The fourth-order valence-corrected chi connectivity index (χ4v) is 2.51. The number of sulfone groups is 1. The summed E-state index contributed by atoms with van der Waals surface area (Å²) in [5, 5.41) is 0. The topological polar surface area (TPSA) is 82.8 Å². The summed E-state index contributed by atoms with van der Waals surface area (Å²) in [7, 11) is -3.30. The van der Waals surface area contributed by atoms with Gasteiger partial charge in [0, 0.05) is 0 Å². The zero-order valence-corrected chi connectivity index (χ0v) is 8.89. The molecule has 6 heteroatoms. The first-order valence-electron chi connectivity index (χ1n) is 4.48. The standard InChI is InChI=1S/C9H10N2O3S/c1-2-15(13,14)7-5-3-4-6-8(7)11-9(12)10-6/h3-5H,2H2,1H3,(H2,10,11,12). The minimum absolute atomic E-state index is 0.0132. The molecule has 80 valence electrons. The zero-order chi connectivity index (χ0) is 11.1. The second-order valence-electron chi connectivity index (χ2n) is 3.16. The van der Waals surface area contributed by atoms with E-state index in [-0.39, 0.29) is 10.6 Å². The predicted octanol–water partition coefficient (Wildman–Crippen LogP) is 0.650. The molecule has 2 N–H and O–H groups in total. The number of hydrogen-bond acceptors (Lipinski definition) is 3. The van der Waals surface area contributed by atoms with Crippen molar-refractivity contribution in [3.63, 3.8) is 0 Å². The molecule has 0 fully saturated rings. The third kappa shape index (κ3) is 1.56. The molecule has 0 unspecified atom stereocenters. The molecule has 2 aromatic rings. The molecule has 0 radical (unpaired) electrons. The molecule has 0 bridgehead atoms. The van der Waals surface area contributed by atoms with E-state index in [2.05, 4.69) is 9.97 Å². The number of rotatable bonds is 2. The maximum atomic E-state index is 11.7. The number of aromatic nitrogens is 2. The molecule has 0 aliphatic carbocycles. The normalized spacial score (nSPS) is 12.1. The van der Waals surface area contributed by atoms with Crippen molar-refractivity contribution in [1.29, 1.82) is 0 Å². The number of hydrogen-bond donors (Lipinski definition) is 2. The lowest BCUT2D eigenvalue weighted by atomic mass is 10.3. The summed E-state index contributed by atoms with van der Waals surface area (Å²) in [6.07, 6.45) is 0. The van der Waals surface area contributed by atoms with E-state index in [4.69, 9.17) is 0 Å². The maximum Gasteiger partial charge on any atom is 0.323 e. The third-order valence-corrected chi connectivity index (χ3v) is 4.00. The van der Waals surface area contributed by atoms with Gasteiger partial charge in [-0.05, 0) is 12.1 Å². The first-order valence-corrected chi connectivity index (χ1v) is 6.13. The lowest BCUT2D eigenvalue weighted by molar-refractivity contribution is 0.598. The number of nitrogens with one attached hydrogen (secondary N) is 2. The zero-order valence-electron chi connectivity index (χ0n) is 8.07. The molecule has 5 nitrogen and oxygen atoms in total. The number of aromatic amines is 2. The average Bonchev–Trinajstić information content (AvgIpc) is 2.57. The van der Waals surface area contributed by atoms with Crippen molar-refractivity contribution < 1.29 is 8.42 Å². The number of para-hydroxylation sites is 1. The number of fused-ring (bicyclic) bond motifs is 1. The van der Waals surface area contributed by atoms with Crippen LogP contribution in [0.5, 0.6) is 0 Å². The van der Waals surface area contributed by atoms with Crippen molar-refractivity contribution in [1.82, 2.24) is 9.97 Å². The number of imidazole rings is 1. The summed E-state index contributed by atoms with van der Waals surface area (Å²) in [5.41, 5.74) is 0.461. The van der Waals surface area contributed by atoms with Gasteiger partial charge in [0.15, 0.2) is 9.84 Å². The summed E-state index contributed by atoms with van der Waals surface area (Å²) >= 11 is 0. The molecule has 0 spiro atoms. The number of benzene rings is 1. The van der Waals surface area contributed by atoms with E-state index in [0.29, 0.717) is 11.0 Å². The molecule has 1 heterocycles. The Kier molecular flexibility index (Phi) is 2.15. The molecule has 0 aliphatic rings. The Labute approximate surface area is 86.1 Å². The molecule has 0 saturated carbocycles. The van der Waals surface area contributed by atoms with Gasteiger partial charge in [-0.1, -0.05) is 13.0 Å². The Balaban J connectivity index is 2.88. The average molecular weight is 226 g/mol. The van der Waals surface area contributed by atoms with E-state index >= 15 is 0 Å². The van der Waals surface area contributed by atoms with E-state index < -0.39 is 15.5 Å². The largest absolute Gasteiger partial charge is 0.323 e. The summed E-state index contributed by atoms with van der Waals surface area (Å²) in [4.78, 5) is 16.2. The van der Waals surface area contributed by atoms with Crippen LogP contribution in [0.2, 0.25) is 0 Å². The third-order valence-electron chi connectivity index (χ3n) is 2.23. The van der Waals surface area contributed by atoms with Crippen LogP contribution in [0.1, 0.15) is 6.92 Å². The van der Waals surface area contributed by atoms with Crippen LogP contribution in [0.25, 0.3) is 11.0 Å². The quantitative estimate of drug-likeness (QED) is 0.788. The molecule has 2 rings (SSSR count). The van der Waals surface area contributed by atoms with Gasteiger partial charge in [0.2, 0.25) is 0 Å². The van der Waals surface area contributed by atoms with Gasteiger partial charge in [-0.3, -0.25) is 0 Å². The van der Waals surface area contributed by atoms with Crippen LogP contribution < -0.4 is 5.69 Å². The highest BCUT2D eigenvalue weighted by atomic mass is 32.2. The second kappa shape index (κ2) is 3.23. The van der Waals surface area contributed by atoms with Gasteiger partial charge in [0.1, 0.15) is 0 Å². The van der Waals surface area contributed by atoms with E-state index in [1.54, 1.807) is 19.1 Å². The lowest BCUT2D eigenvalue weighted by Gasteiger charge is -2.01. The Morgan fingerprint density at radius 3 is 2.67 bits per heavy atom. The highest BCUT2D eigenvalue weighted by Crippen LogP contribution is 2.19. The van der Waals surface area contributed by atoms with E-state index in [0.717, 1.165) is 0 Å². The van der Waals surface area contributed by atoms with Crippen LogP contribution in [0, 0.1) is 0 Å². The van der Waals surface area contributed by atoms with Crippen LogP contribution in [-0.2, 0) is 9.84 Å². The number of H-pyrrole nitrogens is 2. The van der Waals surface area contributed by atoms with Gasteiger partial charge < -0.3 is 9.97 Å².